The van der Waals surface area contributed by atoms with Gasteiger partial charge in [0.2, 0.25) is 0 Å². The fraction of sp³-hybridized carbons (Fsp3) is 0.227. The molecule has 2 heterocycles. The number of hydrogen-bond donors (Lipinski definition) is 1. The number of carbonyl (C=O) groups excluding carboxylic acids is 1. The first-order valence-corrected chi connectivity index (χ1v) is 9.05. The van der Waals surface area contributed by atoms with Gasteiger partial charge in [-0.25, -0.2) is 4.39 Å². The number of aromatic nitrogens is 2. The van der Waals surface area contributed by atoms with Crippen LogP contribution in [-0.4, -0.2) is 29.5 Å². The quantitative estimate of drug-likeness (QED) is 0.631. The maximum Gasteiger partial charge on any atom is 0.252 e. The Morgan fingerprint density at radius 1 is 1.14 bits per heavy atom. The molecule has 3 rings (SSSR count). The Labute approximate surface area is 163 Å². The molecule has 6 heteroatoms. The van der Waals surface area contributed by atoms with Gasteiger partial charge in [-0.15, -0.1) is 0 Å². The van der Waals surface area contributed by atoms with Gasteiger partial charge in [0.25, 0.3) is 5.91 Å². The third kappa shape index (κ3) is 4.71. The van der Waals surface area contributed by atoms with Gasteiger partial charge in [-0.2, -0.15) is 0 Å². The highest BCUT2D eigenvalue weighted by molar-refractivity contribution is 6.00. The minimum absolute atomic E-state index is 0.164. The zero-order valence-corrected chi connectivity index (χ0v) is 15.9. The summed E-state index contributed by atoms with van der Waals surface area (Å²) < 4.78 is 18.5. The molecule has 5 nitrogen and oxygen atoms in total. The Hall–Kier alpha value is -3.28. The van der Waals surface area contributed by atoms with Crippen LogP contribution in [0.5, 0.6) is 5.75 Å². The first kappa shape index (κ1) is 19.5. The molecule has 28 heavy (non-hydrogen) atoms. The molecule has 0 spiro atoms. The van der Waals surface area contributed by atoms with Crippen LogP contribution >= 0.6 is 0 Å². The lowest BCUT2D eigenvalue weighted by Gasteiger charge is -2.12. The van der Waals surface area contributed by atoms with Gasteiger partial charge in [-0.3, -0.25) is 14.8 Å². The van der Waals surface area contributed by atoms with Crippen LogP contribution in [0.2, 0.25) is 0 Å². The van der Waals surface area contributed by atoms with Crippen LogP contribution in [-0.2, 0) is 6.42 Å². The zero-order chi connectivity index (χ0) is 19.9. The van der Waals surface area contributed by atoms with E-state index in [1.807, 2.05) is 25.1 Å². The summed E-state index contributed by atoms with van der Waals surface area (Å²) in [5, 5.41) is 2.93. The van der Waals surface area contributed by atoms with Crippen molar-refractivity contribution in [1.29, 1.82) is 0 Å². The highest BCUT2D eigenvalue weighted by atomic mass is 19.1. The summed E-state index contributed by atoms with van der Waals surface area (Å²) in [7, 11) is 1.63. The third-order valence-corrected chi connectivity index (χ3v) is 4.46. The second-order valence-electron chi connectivity index (χ2n) is 6.48. The Morgan fingerprint density at radius 3 is 2.75 bits per heavy atom. The average Bonchev–Trinajstić information content (AvgIpc) is 2.71. The third-order valence-electron chi connectivity index (χ3n) is 4.46. The van der Waals surface area contributed by atoms with E-state index >= 15 is 0 Å². The number of nitrogens with zero attached hydrogens (tertiary/aromatic N) is 2. The molecule has 0 unspecified atom stereocenters. The summed E-state index contributed by atoms with van der Waals surface area (Å²) in [6, 6.07) is 8.94. The molecule has 1 amide bonds. The summed E-state index contributed by atoms with van der Waals surface area (Å²) >= 11 is 0. The number of ether oxygens (including phenoxy) is 1. The largest absolute Gasteiger partial charge is 0.496 e. The van der Waals surface area contributed by atoms with E-state index in [9.17, 15) is 9.18 Å². The Morgan fingerprint density at radius 2 is 2.00 bits per heavy atom. The predicted octanol–water partition coefficient (Wildman–Crippen LogP) is 3.96. The van der Waals surface area contributed by atoms with E-state index in [2.05, 4.69) is 15.3 Å². The Balaban J connectivity index is 1.66. The monoisotopic (exact) mass is 379 g/mol. The van der Waals surface area contributed by atoms with E-state index in [1.165, 1.54) is 12.3 Å². The number of hydrogen-bond acceptors (Lipinski definition) is 4. The van der Waals surface area contributed by atoms with Gasteiger partial charge in [0.05, 0.1) is 18.9 Å². The lowest BCUT2D eigenvalue weighted by molar-refractivity contribution is 0.0953. The minimum Gasteiger partial charge on any atom is -0.496 e. The Kier molecular flexibility index (Phi) is 6.32. The molecule has 3 aromatic rings. The average molecular weight is 379 g/mol. The van der Waals surface area contributed by atoms with Gasteiger partial charge in [0.1, 0.15) is 11.6 Å². The molecule has 0 saturated heterocycles. The van der Waals surface area contributed by atoms with Gasteiger partial charge in [-0.1, -0.05) is 6.07 Å². The van der Waals surface area contributed by atoms with E-state index in [0.29, 0.717) is 24.9 Å². The van der Waals surface area contributed by atoms with Gasteiger partial charge in [0.15, 0.2) is 0 Å². The lowest BCUT2D eigenvalue weighted by Crippen LogP contribution is -2.25. The van der Waals surface area contributed by atoms with E-state index in [-0.39, 0.29) is 11.7 Å². The van der Waals surface area contributed by atoms with Crippen molar-refractivity contribution in [2.75, 3.05) is 13.7 Å². The maximum absolute atomic E-state index is 13.2. The van der Waals surface area contributed by atoms with Crippen molar-refractivity contribution in [3.63, 3.8) is 0 Å². The molecular formula is C22H22FN3O2. The van der Waals surface area contributed by atoms with Crippen LogP contribution in [0.1, 0.15) is 27.9 Å². The normalized spacial score (nSPS) is 10.5. The second-order valence-corrected chi connectivity index (χ2v) is 6.48. The summed E-state index contributed by atoms with van der Waals surface area (Å²) in [5.41, 5.74) is 4.03. The fourth-order valence-corrected chi connectivity index (χ4v) is 3.05. The molecule has 1 N–H and O–H groups in total. The van der Waals surface area contributed by atoms with Crippen LogP contribution in [0, 0.1) is 12.7 Å². The highest BCUT2D eigenvalue weighted by Crippen LogP contribution is 2.28. The number of benzene rings is 1. The predicted molar refractivity (Wildman–Crippen MR) is 106 cm³/mol. The second kappa shape index (κ2) is 9.08. The molecule has 0 radical (unpaired) electrons. The van der Waals surface area contributed by atoms with Crippen molar-refractivity contribution in [2.45, 2.75) is 19.8 Å². The van der Waals surface area contributed by atoms with Crippen molar-refractivity contribution >= 4 is 5.91 Å². The summed E-state index contributed by atoms with van der Waals surface area (Å²) in [6.45, 7) is 2.44. The minimum atomic E-state index is -0.349. The van der Waals surface area contributed by atoms with E-state index in [4.69, 9.17) is 4.74 Å². The van der Waals surface area contributed by atoms with Crippen LogP contribution in [0.4, 0.5) is 4.39 Å². The van der Waals surface area contributed by atoms with E-state index < -0.39 is 0 Å². The first-order chi connectivity index (χ1) is 13.6. The fourth-order valence-electron chi connectivity index (χ4n) is 3.05. The molecule has 0 atom stereocenters. The SMILES string of the molecule is COc1ccc(-c2cnccc2C(=O)NCCCc2cncc(F)c2)cc1C. The van der Waals surface area contributed by atoms with Gasteiger partial charge >= 0.3 is 0 Å². The molecule has 1 aromatic carbocycles. The van der Waals surface area contributed by atoms with Gasteiger partial charge in [0, 0.05) is 30.7 Å². The van der Waals surface area contributed by atoms with Crippen molar-refractivity contribution in [3.8, 4) is 16.9 Å². The number of rotatable bonds is 7. The molecule has 144 valence electrons. The van der Waals surface area contributed by atoms with Gasteiger partial charge in [-0.05, 0) is 60.7 Å². The molecule has 0 aliphatic rings. The molecule has 0 saturated carbocycles. The van der Waals surface area contributed by atoms with Crippen molar-refractivity contribution in [2.24, 2.45) is 0 Å². The number of nitrogens with one attached hydrogen (secondary N) is 1. The molecular weight excluding hydrogens is 357 g/mol. The Bertz CT molecular complexity index is 976. The van der Waals surface area contributed by atoms with Crippen molar-refractivity contribution in [1.82, 2.24) is 15.3 Å². The summed E-state index contributed by atoms with van der Waals surface area (Å²) in [6.07, 6.45) is 7.45. The van der Waals surface area contributed by atoms with Crippen LogP contribution in [0.25, 0.3) is 11.1 Å². The number of carbonyl (C=O) groups is 1. The van der Waals surface area contributed by atoms with Crippen molar-refractivity contribution in [3.05, 3.63) is 77.6 Å². The zero-order valence-electron chi connectivity index (χ0n) is 15.9. The molecule has 0 bridgehead atoms. The number of methoxy groups -OCH3 is 1. The van der Waals surface area contributed by atoms with Gasteiger partial charge < -0.3 is 10.1 Å². The van der Waals surface area contributed by atoms with Crippen LogP contribution < -0.4 is 10.1 Å². The molecule has 0 aliphatic heterocycles. The first-order valence-electron chi connectivity index (χ1n) is 9.05. The highest BCUT2D eigenvalue weighted by Gasteiger charge is 2.13. The summed E-state index contributed by atoms with van der Waals surface area (Å²) in [5.74, 6) is 0.284. The summed E-state index contributed by atoms with van der Waals surface area (Å²) in [4.78, 5) is 20.7. The van der Waals surface area contributed by atoms with E-state index in [1.54, 1.807) is 31.8 Å². The van der Waals surface area contributed by atoms with E-state index in [0.717, 1.165) is 28.0 Å². The smallest absolute Gasteiger partial charge is 0.252 e. The topological polar surface area (TPSA) is 64.1 Å². The number of amides is 1. The van der Waals surface area contributed by atoms with Crippen LogP contribution in [0.3, 0.4) is 0 Å². The number of halogens is 1. The van der Waals surface area contributed by atoms with Crippen LogP contribution in [0.15, 0.2) is 55.1 Å². The van der Waals surface area contributed by atoms with Crippen molar-refractivity contribution < 1.29 is 13.9 Å². The molecule has 0 fully saturated rings. The maximum atomic E-state index is 13.2. The molecule has 2 aromatic heterocycles. The number of aryl methyl sites for hydroxylation is 2. The number of pyridine rings is 2. The molecule has 0 aliphatic carbocycles. The lowest BCUT2D eigenvalue weighted by atomic mass is 9.99. The standard InChI is InChI=1S/C22H22FN3O2/c1-15-10-17(5-6-21(15)28-2)20-14-24-9-7-19(20)22(27)26-8-3-4-16-11-18(23)13-25-12-16/h5-7,9-14H,3-4,8H2,1-2H3,(H,26,27).